The van der Waals surface area contributed by atoms with Crippen molar-refractivity contribution in [2.24, 2.45) is 5.73 Å². The van der Waals surface area contributed by atoms with Gasteiger partial charge in [0.15, 0.2) is 5.96 Å². The van der Waals surface area contributed by atoms with E-state index < -0.39 is 0 Å². The number of fused-ring (bicyclic) bond motifs is 1. The molecule has 0 radical (unpaired) electrons. The molecule has 7 heteroatoms. The second-order valence-electron chi connectivity index (χ2n) is 8.13. The number of benzene rings is 2. The van der Waals surface area contributed by atoms with E-state index in [9.17, 15) is 4.79 Å². The Morgan fingerprint density at radius 1 is 1.13 bits per heavy atom. The van der Waals surface area contributed by atoms with Crippen LogP contribution in [0.2, 0.25) is 0 Å². The molecule has 4 rings (SSSR count). The van der Waals surface area contributed by atoms with E-state index in [1.165, 1.54) is 23.0 Å². The van der Waals surface area contributed by atoms with Gasteiger partial charge in [0, 0.05) is 37.4 Å². The summed E-state index contributed by atoms with van der Waals surface area (Å²) < 4.78 is 0. The molecule has 2 aliphatic rings. The Morgan fingerprint density at radius 2 is 1.97 bits per heavy atom. The summed E-state index contributed by atoms with van der Waals surface area (Å²) in [6, 6.07) is 12.0. The maximum absolute atomic E-state index is 12.9. The standard InChI is InChI=1S/C24H28N6O/c1-16-12-18(17-7-10-30(11-8-17)24(26)27)3-5-22(16)23(31)28-21-4-2-20-14-29(15-25)9-6-19(20)13-21/h2-5,7,12-13,15,25H,6,8-11,14H2,1H3,(H3,26,27)(H,28,31). The summed E-state index contributed by atoms with van der Waals surface area (Å²) in [6.45, 7) is 4.91. The molecule has 0 unspecified atom stereocenters. The highest BCUT2D eigenvalue weighted by Crippen LogP contribution is 2.26. The molecule has 5 N–H and O–H groups in total. The van der Waals surface area contributed by atoms with Crippen molar-refractivity contribution in [1.29, 1.82) is 10.8 Å². The summed E-state index contributed by atoms with van der Waals surface area (Å²) >= 11 is 0. The Kier molecular flexibility index (Phi) is 5.75. The highest BCUT2D eigenvalue weighted by Gasteiger charge is 2.17. The fourth-order valence-electron chi connectivity index (χ4n) is 4.23. The lowest BCUT2D eigenvalue weighted by atomic mass is 9.95. The van der Waals surface area contributed by atoms with E-state index in [1.807, 2.05) is 47.1 Å². The van der Waals surface area contributed by atoms with Gasteiger partial charge in [-0.15, -0.1) is 0 Å². The van der Waals surface area contributed by atoms with Gasteiger partial charge in [-0.05, 0) is 65.8 Å². The average Bonchev–Trinajstić information content (AvgIpc) is 2.78. The lowest BCUT2D eigenvalue weighted by molar-refractivity contribution is 0.102. The fourth-order valence-corrected chi connectivity index (χ4v) is 4.23. The van der Waals surface area contributed by atoms with Gasteiger partial charge in [0.25, 0.3) is 5.91 Å². The lowest BCUT2D eigenvalue weighted by Gasteiger charge is -2.27. The summed E-state index contributed by atoms with van der Waals surface area (Å²) in [5.74, 6) is -0.00553. The van der Waals surface area contributed by atoms with E-state index >= 15 is 0 Å². The number of guanidine groups is 1. The summed E-state index contributed by atoms with van der Waals surface area (Å²) in [5.41, 5.74) is 12.7. The molecule has 0 aliphatic carbocycles. The van der Waals surface area contributed by atoms with Crippen molar-refractivity contribution in [1.82, 2.24) is 9.80 Å². The number of anilines is 1. The van der Waals surface area contributed by atoms with Crippen LogP contribution in [0.5, 0.6) is 0 Å². The first-order chi connectivity index (χ1) is 14.9. The number of carbonyl (C=O) groups excluding carboxylic acids is 1. The third-order valence-electron chi connectivity index (χ3n) is 6.08. The fraction of sp³-hybridized carbons (Fsp3) is 0.292. The molecule has 0 saturated carbocycles. The predicted molar refractivity (Wildman–Crippen MR) is 125 cm³/mol. The Morgan fingerprint density at radius 3 is 2.65 bits per heavy atom. The zero-order valence-corrected chi connectivity index (χ0v) is 17.7. The topological polar surface area (TPSA) is 109 Å². The number of rotatable bonds is 4. The third kappa shape index (κ3) is 4.45. The first-order valence-electron chi connectivity index (χ1n) is 10.5. The number of nitrogens with two attached hydrogens (primary N) is 1. The van der Waals surface area contributed by atoms with Gasteiger partial charge in [0.1, 0.15) is 0 Å². The van der Waals surface area contributed by atoms with Crippen LogP contribution in [0.15, 0.2) is 42.5 Å². The number of carbonyl (C=O) groups is 1. The maximum Gasteiger partial charge on any atom is 0.255 e. The molecule has 160 valence electrons. The van der Waals surface area contributed by atoms with E-state index in [-0.39, 0.29) is 11.9 Å². The smallest absolute Gasteiger partial charge is 0.255 e. The molecule has 2 heterocycles. The second-order valence-corrected chi connectivity index (χ2v) is 8.13. The van der Waals surface area contributed by atoms with Crippen LogP contribution in [-0.4, -0.2) is 47.6 Å². The van der Waals surface area contributed by atoms with Crippen LogP contribution in [-0.2, 0) is 13.0 Å². The van der Waals surface area contributed by atoms with Crippen molar-refractivity contribution in [2.45, 2.75) is 26.3 Å². The van der Waals surface area contributed by atoms with Gasteiger partial charge in [-0.25, -0.2) is 0 Å². The molecule has 0 spiro atoms. The molecule has 1 amide bonds. The van der Waals surface area contributed by atoms with Gasteiger partial charge in [-0.3, -0.25) is 15.6 Å². The molecular weight excluding hydrogens is 388 g/mol. The second kappa shape index (κ2) is 8.63. The predicted octanol–water partition coefficient (Wildman–Crippen LogP) is 3.20. The van der Waals surface area contributed by atoms with Crippen molar-refractivity contribution in [2.75, 3.05) is 25.0 Å². The summed E-state index contributed by atoms with van der Waals surface area (Å²) in [6.07, 6.45) is 5.19. The van der Waals surface area contributed by atoms with Crippen LogP contribution in [0, 0.1) is 17.7 Å². The minimum atomic E-state index is -0.110. The molecule has 0 bridgehead atoms. The Balaban J connectivity index is 1.46. The molecule has 2 aliphatic heterocycles. The minimum absolute atomic E-state index is 0.104. The van der Waals surface area contributed by atoms with E-state index in [4.69, 9.17) is 16.6 Å². The van der Waals surface area contributed by atoms with Crippen LogP contribution in [0.4, 0.5) is 5.69 Å². The van der Waals surface area contributed by atoms with Crippen molar-refractivity contribution in [3.05, 3.63) is 70.3 Å². The van der Waals surface area contributed by atoms with Crippen LogP contribution in [0.1, 0.15) is 39.0 Å². The molecular formula is C24H28N6O. The number of hydrogen-bond donors (Lipinski definition) is 4. The minimum Gasteiger partial charge on any atom is -0.370 e. The van der Waals surface area contributed by atoms with Crippen LogP contribution >= 0.6 is 0 Å². The summed E-state index contributed by atoms with van der Waals surface area (Å²) in [7, 11) is 0. The zero-order valence-electron chi connectivity index (χ0n) is 17.7. The van der Waals surface area contributed by atoms with Gasteiger partial charge >= 0.3 is 0 Å². The van der Waals surface area contributed by atoms with Crippen LogP contribution in [0.3, 0.4) is 0 Å². The Hall–Kier alpha value is -3.61. The van der Waals surface area contributed by atoms with Crippen molar-refractivity contribution in [3.63, 3.8) is 0 Å². The van der Waals surface area contributed by atoms with Crippen molar-refractivity contribution in [3.8, 4) is 0 Å². The van der Waals surface area contributed by atoms with E-state index in [0.717, 1.165) is 49.3 Å². The molecule has 31 heavy (non-hydrogen) atoms. The highest BCUT2D eigenvalue weighted by molar-refractivity contribution is 6.05. The Labute approximate surface area is 182 Å². The quantitative estimate of drug-likeness (QED) is 0.453. The zero-order chi connectivity index (χ0) is 22.0. The maximum atomic E-state index is 12.9. The first kappa shape index (κ1) is 20.7. The summed E-state index contributed by atoms with van der Waals surface area (Å²) in [4.78, 5) is 16.7. The number of nitrogens with one attached hydrogen (secondary N) is 3. The molecule has 0 atom stereocenters. The normalized spacial score (nSPS) is 15.7. The molecule has 2 aromatic rings. The van der Waals surface area contributed by atoms with Gasteiger partial charge < -0.3 is 20.9 Å². The molecule has 0 aromatic heterocycles. The lowest BCUT2D eigenvalue weighted by Crippen LogP contribution is -2.39. The van der Waals surface area contributed by atoms with Crippen LogP contribution < -0.4 is 11.1 Å². The molecule has 2 aromatic carbocycles. The van der Waals surface area contributed by atoms with Gasteiger partial charge in [-0.2, -0.15) is 0 Å². The van der Waals surface area contributed by atoms with E-state index in [2.05, 4.69) is 17.5 Å². The SMILES string of the molecule is Cc1cc(C2=CCN(C(=N)N)CC2)ccc1C(=O)Nc1ccc2c(c1)CCN(C=N)C2. The number of aryl methyl sites for hydroxylation is 1. The highest BCUT2D eigenvalue weighted by atomic mass is 16.1. The largest absolute Gasteiger partial charge is 0.370 e. The molecule has 0 saturated heterocycles. The van der Waals surface area contributed by atoms with Crippen LogP contribution in [0.25, 0.3) is 5.57 Å². The van der Waals surface area contributed by atoms with Crippen molar-refractivity contribution >= 4 is 29.5 Å². The average molecular weight is 417 g/mol. The Bertz CT molecular complexity index is 1070. The molecule has 7 nitrogen and oxygen atoms in total. The van der Waals surface area contributed by atoms with Gasteiger partial charge in [0.2, 0.25) is 0 Å². The van der Waals surface area contributed by atoms with E-state index in [1.54, 1.807) is 0 Å². The van der Waals surface area contributed by atoms with Crippen molar-refractivity contribution < 1.29 is 4.79 Å². The van der Waals surface area contributed by atoms with Gasteiger partial charge in [0.05, 0.1) is 6.34 Å². The van der Waals surface area contributed by atoms with Gasteiger partial charge in [-0.1, -0.05) is 24.3 Å². The monoisotopic (exact) mass is 416 g/mol. The first-order valence-corrected chi connectivity index (χ1v) is 10.5. The number of hydrogen-bond acceptors (Lipinski definition) is 3. The molecule has 0 fully saturated rings. The third-order valence-corrected chi connectivity index (χ3v) is 6.08. The van der Waals surface area contributed by atoms with E-state index in [0.29, 0.717) is 12.1 Å². The number of amides is 1. The summed E-state index contributed by atoms with van der Waals surface area (Å²) in [5, 5.41) is 18.0. The number of nitrogens with zero attached hydrogens (tertiary/aromatic N) is 2.